The molecule has 1 aliphatic heterocycles. The molecule has 3 fully saturated rings. The number of hydrogen-bond acceptors (Lipinski definition) is 2. The first-order valence-corrected chi connectivity index (χ1v) is 7.87. The first kappa shape index (κ1) is 12.7. The maximum absolute atomic E-state index is 12.7. The second-order valence-corrected chi connectivity index (χ2v) is 7.24. The minimum atomic E-state index is 0.399. The largest absolute Gasteiger partial charge is 0.317 e. The molecule has 2 saturated carbocycles. The van der Waals surface area contributed by atoms with E-state index in [4.69, 9.17) is 0 Å². The maximum Gasteiger partial charge on any atom is 0.139 e. The lowest BCUT2D eigenvalue weighted by atomic mass is 9.73. The van der Waals surface area contributed by atoms with Crippen LogP contribution < -0.4 is 5.32 Å². The van der Waals surface area contributed by atoms with Crippen LogP contribution in [0.15, 0.2) is 0 Å². The predicted molar refractivity (Wildman–Crippen MR) is 73.3 cm³/mol. The zero-order chi connectivity index (χ0) is 12.8. The zero-order valence-corrected chi connectivity index (χ0v) is 11.9. The summed E-state index contributed by atoms with van der Waals surface area (Å²) < 4.78 is 0. The molecule has 0 aromatic carbocycles. The Labute approximate surface area is 111 Å². The summed E-state index contributed by atoms with van der Waals surface area (Å²) in [6.45, 7) is 6.93. The molecule has 2 heteroatoms. The monoisotopic (exact) mass is 249 g/mol. The predicted octanol–water partition coefficient (Wildman–Crippen LogP) is 3.02. The first-order valence-electron chi connectivity index (χ1n) is 7.87. The van der Waals surface area contributed by atoms with Crippen molar-refractivity contribution in [1.29, 1.82) is 0 Å². The van der Waals surface area contributed by atoms with Crippen molar-refractivity contribution in [2.75, 3.05) is 13.1 Å². The van der Waals surface area contributed by atoms with Crippen LogP contribution in [0.3, 0.4) is 0 Å². The average Bonchev–Trinajstić information content (AvgIpc) is 3.06. The minimum Gasteiger partial charge on any atom is -0.317 e. The third-order valence-corrected chi connectivity index (χ3v) is 6.13. The number of nitrogens with one attached hydrogen (secondary N) is 1. The minimum absolute atomic E-state index is 0.399. The molecule has 3 aliphatic rings. The molecular weight excluding hydrogens is 222 g/mol. The smallest absolute Gasteiger partial charge is 0.139 e. The Balaban J connectivity index is 1.59. The van der Waals surface area contributed by atoms with Crippen molar-refractivity contribution in [2.24, 2.45) is 29.1 Å². The maximum atomic E-state index is 12.7. The lowest BCUT2D eigenvalue weighted by Crippen LogP contribution is -2.33. The van der Waals surface area contributed by atoms with Crippen LogP contribution in [0.1, 0.15) is 52.4 Å². The number of hydrogen-bond donors (Lipinski definition) is 1. The molecule has 0 radical (unpaired) electrons. The van der Waals surface area contributed by atoms with E-state index in [1.807, 2.05) is 0 Å². The van der Waals surface area contributed by atoms with E-state index in [-0.39, 0.29) is 0 Å². The second kappa shape index (κ2) is 4.63. The molecule has 1 saturated heterocycles. The highest BCUT2D eigenvalue weighted by Crippen LogP contribution is 2.60. The van der Waals surface area contributed by atoms with Crippen molar-refractivity contribution >= 4 is 5.78 Å². The molecule has 1 spiro atoms. The molecule has 0 aromatic rings. The van der Waals surface area contributed by atoms with E-state index < -0.39 is 0 Å². The molecule has 0 bridgehead atoms. The molecule has 4 atom stereocenters. The molecule has 0 aromatic heterocycles. The van der Waals surface area contributed by atoms with Crippen molar-refractivity contribution in [3.8, 4) is 0 Å². The summed E-state index contributed by atoms with van der Waals surface area (Å²) in [4.78, 5) is 12.7. The number of Topliss-reactive ketones (excluding diaryl/α,β-unsaturated/α-hetero) is 1. The van der Waals surface area contributed by atoms with Gasteiger partial charge < -0.3 is 5.32 Å². The summed E-state index contributed by atoms with van der Waals surface area (Å²) in [5, 5.41) is 3.42. The second-order valence-electron chi connectivity index (χ2n) is 7.24. The molecule has 102 valence electrons. The molecule has 1 heterocycles. The summed E-state index contributed by atoms with van der Waals surface area (Å²) in [5.41, 5.74) is 0.439. The molecule has 3 rings (SSSR count). The van der Waals surface area contributed by atoms with Gasteiger partial charge in [-0.15, -0.1) is 0 Å². The van der Waals surface area contributed by atoms with Gasteiger partial charge in [-0.2, -0.15) is 0 Å². The Morgan fingerprint density at radius 2 is 1.83 bits per heavy atom. The number of ketones is 1. The summed E-state index contributed by atoms with van der Waals surface area (Å²) in [6, 6.07) is 0. The summed E-state index contributed by atoms with van der Waals surface area (Å²) >= 11 is 0. The number of piperidine rings is 1. The van der Waals surface area contributed by atoms with Crippen molar-refractivity contribution < 1.29 is 4.79 Å². The summed E-state index contributed by atoms with van der Waals surface area (Å²) in [7, 11) is 0. The molecule has 2 nitrogen and oxygen atoms in total. The zero-order valence-electron chi connectivity index (χ0n) is 11.9. The van der Waals surface area contributed by atoms with Gasteiger partial charge in [-0.25, -0.2) is 0 Å². The molecule has 18 heavy (non-hydrogen) atoms. The SMILES string of the molecule is CC1CCC(C(=O)C2CC23CCNCC3)CC1C. The number of carbonyl (C=O) groups is 1. The fourth-order valence-electron chi connectivity index (χ4n) is 4.32. The highest BCUT2D eigenvalue weighted by Gasteiger charge is 2.58. The number of carbonyl (C=O) groups excluding carboxylic acids is 1. The Morgan fingerprint density at radius 3 is 2.50 bits per heavy atom. The van der Waals surface area contributed by atoms with Crippen LogP contribution >= 0.6 is 0 Å². The van der Waals surface area contributed by atoms with Gasteiger partial charge in [0.05, 0.1) is 0 Å². The molecule has 1 N–H and O–H groups in total. The van der Waals surface area contributed by atoms with Gasteiger partial charge in [0.2, 0.25) is 0 Å². The Bertz CT molecular complexity index is 326. The molecular formula is C16H27NO. The van der Waals surface area contributed by atoms with Gasteiger partial charge in [0, 0.05) is 11.8 Å². The Morgan fingerprint density at radius 1 is 1.11 bits per heavy atom. The van der Waals surface area contributed by atoms with Gasteiger partial charge in [0.1, 0.15) is 5.78 Å². The molecule has 0 amide bonds. The van der Waals surface area contributed by atoms with Gasteiger partial charge in [0.15, 0.2) is 0 Å². The van der Waals surface area contributed by atoms with Crippen molar-refractivity contribution in [3.63, 3.8) is 0 Å². The molecule has 2 aliphatic carbocycles. The van der Waals surface area contributed by atoms with Gasteiger partial charge >= 0.3 is 0 Å². The normalized spacial score (nSPS) is 42.8. The lowest BCUT2D eigenvalue weighted by molar-refractivity contribution is -0.126. The third-order valence-electron chi connectivity index (χ3n) is 6.13. The Kier molecular flexibility index (Phi) is 3.25. The van der Waals surface area contributed by atoms with Crippen LogP contribution in [-0.2, 0) is 4.79 Å². The average molecular weight is 249 g/mol. The fraction of sp³-hybridized carbons (Fsp3) is 0.938. The van der Waals surface area contributed by atoms with E-state index in [2.05, 4.69) is 19.2 Å². The van der Waals surface area contributed by atoms with Crippen LogP contribution in [0.4, 0.5) is 0 Å². The quantitative estimate of drug-likeness (QED) is 0.815. The fourth-order valence-corrected chi connectivity index (χ4v) is 4.32. The highest BCUT2D eigenvalue weighted by atomic mass is 16.1. The van der Waals surface area contributed by atoms with E-state index in [1.165, 1.54) is 25.7 Å². The van der Waals surface area contributed by atoms with Gasteiger partial charge in [-0.3, -0.25) is 4.79 Å². The molecule has 4 unspecified atom stereocenters. The Hall–Kier alpha value is -0.370. The van der Waals surface area contributed by atoms with Crippen molar-refractivity contribution in [3.05, 3.63) is 0 Å². The van der Waals surface area contributed by atoms with Gasteiger partial charge in [-0.1, -0.05) is 13.8 Å². The van der Waals surface area contributed by atoms with E-state index in [0.29, 0.717) is 23.0 Å². The lowest BCUT2D eigenvalue weighted by Gasteiger charge is -2.32. The van der Waals surface area contributed by atoms with Crippen molar-refractivity contribution in [1.82, 2.24) is 5.32 Å². The van der Waals surface area contributed by atoms with Crippen LogP contribution in [-0.4, -0.2) is 18.9 Å². The van der Waals surface area contributed by atoms with Crippen LogP contribution in [0, 0.1) is 29.1 Å². The number of rotatable bonds is 2. The standard InChI is InChI=1S/C16H27NO/c1-11-3-4-13(9-12(11)2)15(18)14-10-16(14)5-7-17-8-6-16/h11-14,17H,3-10H2,1-2H3. The van der Waals surface area contributed by atoms with Crippen molar-refractivity contribution in [2.45, 2.75) is 52.4 Å². The summed E-state index contributed by atoms with van der Waals surface area (Å²) in [5.74, 6) is 3.04. The summed E-state index contributed by atoms with van der Waals surface area (Å²) in [6.07, 6.45) is 7.26. The van der Waals surface area contributed by atoms with E-state index in [1.54, 1.807) is 0 Å². The van der Waals surface area contributed by atoms with Crippen LogP contribution in [0.5, 0.6) is 0 Å². The van der Waals surface area contributed by atoms with E-state index in [0.717, 1.165) is 37.8 Å². The topological polar surface area (TPSA) is 29.1 Å². The third kappa shape index (κ3) is 2.13. The van der Waals surface area contributed by atoms with Gasteiger partial charge in [-0.05, 0) is 68.9 Å². The van der Waals surface area contributed by atoms with Gasteiger partial charge in [0.25, 0.3) is 0 Å². The van der Waals surface area contributed by atoms with E-state index >= 15 is 0 Å². The van der Waals surface area contributed by atoms with Crippen LogP contribution in [0.2, 0.25) is 0 Å². The van der Waals surface area contributed by atoms with Crippen LogP contribution in [0.25, 0.3) is 0 Å². The first-order chi connectivity index (χ1) is 8.62. The highest BCUT2D eigenvalue weighted by molar-refractivity contribution is 5.87. The van der Waals surface area contributed by atoms with E-state index in [9.17, 15) is 4.79 Å².